The van der Waals surface area contributed by atoms with Gasteiger partial charge < -0.3 is 10.1 Å². The number of urea groups is 1. The molecule has 1 saturated carbocycles. The summed E-state index contributed by atoms with van der Waals surface area (Å²) in [7, 11) is -3.14. The molecule has 1 aliphatic carbocycles. The van der Waals surface area contributed by atoms with Gasteiger partial charge in [-0.05, 0) is 53.0 Å². The summed E-state index contributed by atoms with van der Waals surface area (Å²) in [4.78, 5) is 41.7. The number of carbonyl (C=O) groups is 3. The fourth-order valence-corrected chi connectivity index (χ4v) is 5.74. The fourth-order valence-electron chi connectivity index (χ4n) is 4.05. The number of imide groups is 1. The lowest BCUT2D eigenvalue weighted by atomic mass is 10.1. The number of fused-ring (bicyclic) bond motifs is 1. The molecule has 2 aromatic rings. The maximum Gasteiger partial charge on any atom is 0.339 e. The number of pyridine rings is 1. The highest BCUT2D eigenvalue weighted by Gasteiger charge is 2.34. The maximum atomic E-state index is 13.0. The number of carbonyl (C=O) groups excluding carboxylic acids is 3. The van der Waals surface area contributed by atoms with Crippen LogP contribution in [0.4, 0.5) is 4.79 Å². The van der Waals surface area contributed by atoms with E-state index in [4.69, 9.17) is 9.72 Å². The van der Waals surface area contributed by atoms with E-state index in [1.165, 1.54) is 0 Å². The Morgan fingerprint density at radius 2 is 1.91 bits per heavy atom. The van der Waals surface area contributed by atoms with Crippen molar-refractivity contribution in [2.45, 2.75) is 64.5 Å². The topological polar surface area (TPSA) is 149 Å². The molecule has 2 fully saturated rings. The summed E-state index contributed by atoms with van der Waals surface area (Å²) in [6.45, 7) is 6.40. The van der Waals surface area contributed by atoms with Gasteiger partial charge in [0.25, 0.3) is 5.91 Å². The lowest BCUT2D eigenvalue weighted by molar-refractivity contribution is -0.123. The van der Waals surface area contributed by atoms with Crippen molar-refractivity contribution in [3.63, 3.8) is 0 Å². The normalized spacial score (nSPS) is 19.7. The molecule has 2 N–H and O–H groups in total. The van der Waals surface area contributed by atoms with Gasteiger partial charge in [0, 0.05) is 17.2 Å². The van der Waals surface area contributed by atoms with Crippen LogP contribution in [-0.4, -0.2) is 64.7 Å². The second kappa shape index (κ2) is 8.64. The van der Waals surface area contributed by atoms with Gasteiger partial charge in [-0.2, -0.15) is 5.10 Å². The summed E-state index contributed by atoms with van der Waals surface area (Å²) in [6, 6.07) is 0.635. The molecule has 12 heteroatoms. The fraction of sp³-hybridized carbons (Fsp3) is 0.591. The van der Waals surface area contributed by atoms with Crippen LogP contribution in [0.1, 0.15) is 73.7 Å². The Bertz CT molecular complexity index is 1270. The Balaban J connectivity index is 1.57. The molecule has 0 spiro atoms. The van der Waals surface area contributed by atoms with Crippen molar-refractivity contribution in [3.05, 3.63) is 23.0 Å². The van der Waals surface area contributed by atoms with Gasteiger partial charge in [0.05, 0.1) is 34.2 Å². The molecule has 3 amide bonds. The van der Waals surface area contributed by atoms with Crippen molar-refractivity contribution in [2.75, 3.05) is 18.1 Å². The molecule has 3 heterocycles. The zero-order valence-corrected chi connectivity index (χ0v) is 20.5. The van der Waals surface area contributed by atoms with E-state index < -0.39 is 39.9 Å². The summed E-state index contributed by atoms with van der Waals surface area (Å²) in [6.07, 6.45) is 2.33. The number of sulfone groups is 1. The minimum absolute atomic E-state index is 0.0187. The van der Waals surface area contributed by atoms with E-state index in [1.807, 2.05) is 0 Å². The number of amides is 3. The third kappa shape index (κ3) is 5.37. The molecule has 0 radical (unpaired) electrons. The van der Waals surface area contributed by atoms with Gasteiger partial charge in [-0.3, -0.25) is 10.1 Å². The zero-order chi connectivity index (χ0) is 24.8. The third-order valence-electron chi connectivity index (χ3n) is 5.70. The van der Waals surface area contributed by atoms with E-state index in [0.717, 1.165) is 18.5 Å². The maximum absolute atomic E-state index is 13.0. The zero-order valence-electron chi connectivity index (χ0n) is 19.7. The first-order valence-electron chi connectivity index (χ1n) is 11.2. The van der Waals surface area contributed by atoms with E-state index in [-0.39, 0.29) is 29.0 Å². The van der Waals surface area contributed by atoms with E-state index in [2.05, 4.69) is 15.7 Å². The van der Waals surface area contributed by atoms with E-state index in [0.29, 0.717) is 23.1 Å². The smallest absolute Gasteiger partial charge is 0.339 e. The summed E-state index contributed by atoms with van der Waals surface area (Å²) >= 11 is 0. The number of rotatable bonds is 5. The molecule has 0 bridgehead atoms. The number of nitrogens with zero attached hydrogens (tertiary/aromatic N) is 3. The van der Waals surface area contributed by atoms with Gasteiger partial charge in [-0.1, -0.05) is 0 Å². The Morgan fingerprint density at radius 3 is 2.50 bits per heavy atom. The van der Waals surface area contributed by atoms with Gasteiger partial charge in [-0.15, -0.1) is 0 Å². The van der Waals surface area contributed by atoms with Crippen LogP contribution in [-0.2, 0) is 19.4 Å². The van der Waals surface area contributed by atoms with Crippen molar-refractivity contribution in [2.24, 2.45) is 0 Å². The van der Waals surface area contributed by atoms with Crippen LogP contribution in [0.2, 0.25) is 0 Å². The minimum Gasteiger partial charge on any atom is -0.452 e. The number of ether oxygens (including phenoxy) is 1. The Labute approximate surface area is 197 Å². The van der Waals surface area contributed by atoms with Gasteiger partial charge in [0.2, 0.25) is 0 Å². The molecular weight excluding hydrogens is 462 g/mol. The van der Waals surface area contributed by atoms with E-state index in [9.17, 15) is 22.8 Å². The number of aromatic nitrogens is 3. The number of hydrogen-bond donors (Lipinski definition) is 2. The molecule has 1 saturated heterocycles. The highest BCUT2D eigenvalue weighted by Crippen LogP contribution is 2.41. The predicted molar refractivity (Wildman–Crippen MR) is 123 cm³/mol. The average Bonchev–Trinajstić information content (AvgIpc) is 3.43. The van der Waals surface area contributed by atoms with Gasteiger partial charge >= 0.3 is 12.0 Å². The summed E-state index contributed by atoms with van der Waals surface area (Å²) in [5.74, 6) is -1.20. The Morgan fingerprint density at radius 1 is 1.21 bits per heavy atom. The second-order valence-corrected chi connectivity index (χ2v) is 12.2. The summed E-state index contributed by atoms with van der Waals surface area (Å²) < 4.78 is 30.9. The molecule has 0 aromatic carbocycles. The van der Waals surface area contributed by atoms with Crippen LogP contribution in [0.5, 0.6) is 0 Å². The quantitative estimate of drug-likeness (QED) is 0.601. The monoisotopic (exact) mass is 491 g/mol. The van der Waals surface area contributed by atoms with Crippen molar-refractivity contribution < 1.29 is 27.5 Å². The summed E-state index contributed by atoms with van der Waals surface area (Å²) in [5.41, 5.74) is 1.39. The SMILES string of the molecule is Cc1nn(C2CCS(=O)(=O)C2)c2nc(C3CC3)cc(C(=O)OCC(=O)NC(=O)NC(C)(C)C)c12. The lowest BCUT2D eigenvalue weighted by Crippen LogP contribution is -2.49. The minimum atomic E-state index is -3.14. The van der Waals surface area contributed by atoms with Gasteiger partial charge in [-0.25, -0.2) is 27.7 Å². The summed E-state index contributed by atoms with van der Waals surface area (Å²) in [5, 5.41) is 9.71. The van der Waals surface area contributed by atoms with Crippen molar-refractivity contribution >= 4 is 38.8 Å². The van der Waals surface area contributed by atoms with Crippen LogP contribution in [0, 0.1) is 6.92 Å². The van der Waals surface area contributed by atoms with Crippen molar-refractivity contribution in [3.8, 4) is 0 Å². The first-order valence-corrected chi connectivity index (χ1v) is 13.0. The Kier molecular flexibility index (Phi) is 6.13. The average molecular weight is 492 g/mol. The van der Waals surface area contributed by atoms with Crippen LogP contribution >= 0.6 is 0 Å². The predicted octanol–water partition coefficient (Wildman–Crippen LogP) is 1.76. The largest absolute Gasteiger partial charge is 0.452 e. The molecule has 4 rings (SSSR count). The molecule has 184 valence electrons. The van der Waals surface area contributed by atoms with Crippen LogP contribution < -0.4 is 10.6 Å². The first kappa shape index (κ1) is 24.1. The molecule has 2 aliphatic rings. The number of aryl methyl sites for hydroxylation is 1. The number of hydrogen-bond acceptors (Lipinski definition) is 8. The van der Waals surface area contributed by atoms with Crippen molar-refractivity contribution in [1.82, 2.24) is 25.4 Å². The molecular formula is C22H29N5O6S. The third-order valence-corrected chi connectivity index (χ3v) is 7.45. The van der Waals surface area contributed by atoms with Crippen LogP contribution in [0.15, 0.2) is 6.07 Å². The van der Waals surface area contributed by atoms with Crippen LogP contribution in [0.3, 0.4) is 0 Å². The number of nitrogens with one attached hydrogen (secondary N) is 2. The standard InChI is InChI=1S/C22H29N5O6S/c1-12-18-15(20(29)33-10-17(28)24-21(30)25-22(2,3)4)9-16(13-5-6-13)23-19(18)27(26-12)14-7-8-34(31,32)11-14/h9,13-14H,5-8,10-11H2,1-4H3,(H2,24,25,28,30). The van der Waals surface area contributed by atoms with E-state index >= 15 is 0 Å². The molecule has 2 aromatic heterocycles. The van der Waals surface area contributed by atoms with Crippen LogP contribution in [0.25, 0.3) is 11.0 Å². The molecule has 1 aliphatic heterocycles. The first-order chi connectivity index (χ1) is 15.8. The second-order valence-electron chi connectivity index (χ2n) is 9.98. The molecule has 34 heavy (non-hydrogen) atoms. The lowest BCUT2D eigenvalue weighted by Gasteiger charge is -2.20. The molecule has 11 nitrogen and oxygen atoms in total. The molecule has 1 unspecified atom stereocenters. The highest BCUT2D eigenvalue weighted by atomic mass is 32.2. The molecule has 1 atom stereocenters. The van der Waals surface area contributed by atoms with Crippen molar-refractivity contribution in [1.29, 1.82) is 0 Å². The van der Waals surface area contributed by atoms with Gasteiger partial charge in [0.15, 0.2) is 22.1 Å². The van der Waals surface area contributed by atoms with Gasteiger partial charge in [0.1, 0.15) is 0 Å². The highest BCUT2D eigenvalue weighted by molar-refractivity contribution is 7.91. The Hall–Kier alpha value is -3.02. The van der Waals surface area contributed by atoms with E-state index in [1.54, 1.807) is 38.4 Å². The number of esters is 1.